The molecule has 1 rings (SSSR count). The van der Waals surface area contributed by atoms with Crippen molar-refractivity contribution >= 4 is 17.8 Å². The largest absolute Gasteiger partial charge is 0.468 e. The third-order valence-electron chi connectivity index (χ3n) is 2.75. The molecule has 0 aromatic heterocycles. The molecule has 3 atom stereocenters. The van der Waals surface area contributed by atoms with Crippen LogP contribution in [0.25, 0.3) is 0 Å². The van der Waals surface area contributed by atoms with Crippen molar-refractivity contribution in [1.82, 2.24) is 5.32 Å². The highest BCUT2D eigenvalue weighted by molar-refractivity contribution is 6.03. The summed E-state index contributed by atoms with van der Waals surface area (Å²) < 4.78 is 9.75. The topological polar surface area (TPSA) is 81.7 Å². The van der Waals surface area contributed by atoms with Crippen molar-refractivity contribution in [2.45, 2.75) is 39.3 Å². The maximum Gasteiger partial charge on any atom is 0.329 e. The van der Waals surface area contributed by atoms with Gasteiger partial charge >= 0.3 is 11.9 Å². The molecule has 1 aliphatic heterocycles. The minimum absolute atomic E-state index is 0.486. The lowest BCUT2D eigenvalue weighted by Gasteiger charge is -2.23. The SMILES string of the molecule is COC(=O)[C@H]1C(=O)N[C@@H](C(=O)OC(C)(C)C)C1C. The van der Waals surface area contributed by atoms with Crippen LogP contribution in [0.3, 0.4) is 0 Å². The zero-order valence-corrected chi connectivity index (χ0v) is 11.3. The van der Waals surface area contributed by atoms with E-state index in [1.807, 2.05) is 0 Å². The quantitative estimate of drug-likeness (QED) is 0.566. The van der Waals surface area contributed by atoms with Crippen LogP contribution in [-0.2, 0) is 23.9 Å². The molecule has 1 heterocycles. The van der Waals surface area contributed by atoms with E-state index in [1.165, 1.54) is 7.11 Å². The van der Waals surface area contributed by atoms with Gasteiger partial charge in [0, 0.05) is 5.92 Å². The van der Waals surface area contributed by atoms with Crippen molar-refractivity contribution in [2.24, 2.45) is 11.8 Å². The minimum Gasteiger partial charge on any atom is -0.468 e. The van der Waals surface area contributed by atoms with Gasteiger partial charge in [-0.3, -0.25) is 9.59 Å². The van der Waals surface area contributed by atoms with Crippen LogP contribution in [0.1, 0.15) is 27.7 Å². The van der Waals surface area contributed by atoms with Crippen LogP contribution in [0.15, 0.2) is 0 Å². The number of nitrogens with one attached hydrogen (secondary N) is 1. The molecule has 0 aromatic rings. The van der Waals surface area contributed by atoms with Gasteiger partial charge < -0.3 is 14.8 Å². The monoisotopic (exact) mass is 257 g/mol. The molecule has 1 saturated heterocycles. The Bertz CT molecular complexity index is 371. The lowest BCUT2D eigenvalue weighted by Crippen LogP contribution is -2.41. The van der Waals surface area contributed by atoms with Crippen LogP contribution in [0.4, 0.5) is 0 Å². The van der Waals surface area contributed by atoms with Crippen molar-refractivity contribution in [1.29, 1.82) is 0 Å². The highest BCUT2D eigenvalue weighted by Crippen LogP contribution is 2.26. The Morgan fingerprint density at radius 2 is 1.78 bits per heavy atom. The summed E-state index contributed by atoms with van der Waals surface area (Å²) in [6.45, 7) is 6.87. The molecule has 0 saturated carbocycles. The maximum atomic E-state index is 11.9. The molecule has 102 valence electrons. The third kappa shape index (κ3) is 3.00. The van der Waals surface area contributed by atoms with Crippen LogP contribution in [-0.4, -0.2) is 36.6 Å². The van der Waals surface area contributed by atoms with Crippen molar-refractivity contribution in [2.75, 3.05) is 7.11 Å². The van der Waals surface area contributed by atoms with E-state index in [4.69, 9.17) is 4.74 Å². The van der Waals surface area contributed by atoms with E-state index in [-0.39, 0.29) is 0 Å². The molecule has 1 fully saturated rings. The Morgan fingerprint density at radius 1 is 1.22 bits per heavy atom. The number of ether oxygens (including phenoxy) is 2. The summed E-state index contributed by atoms with van der Waals surface area (Å²) in [5.41, 5.74) is -0.634. The molecule has 0 bridgehead atoms. The molecule has 0 radical (unpaired) electrons. The standard InChI is InChI=1S/C12H19NO5/c1-6-7(10(15)17-5)9(14)13-8(6)11(16)18-12(2,3)4/h6-8H,1-5H3,(H,13,14)/t6?,7-,8-/m1/s1. The number of hydrogen-bond donors (Lipinski definition) is 1. The normalized spacial score (nSPS) is 27.6. The van der Waals surface area contributed by atoms with E-state index in [1.54, 1.807) is 27.7 Å². The summed E-state index contributed by atoms with van der Waals surface area (Å²) in [6, 6.07) is -0.805. The number of rotatable bonds is 2. The van der Waals surface area contributed by atoms with Crippen LogP contribution >= 0.6 is 0 Å². The summed E-state index contributed by atoms with van der Waals surface area (Å²) in [5.74, 6) is -3.10. The minimum atomic E-state index is -0.951. The van der Waals surface area contributed by atoms with Crippen LogP contribution < -0.4 is 5.32 Å². The number of esters is 2. The van der Waals surface area contributed by atoms with Crippen molar-refractivity contribution in [3.8, 4) is 0 Å². The molecule has 1 unspecified atom stereocenters. The number of carbonyl (C=O) groups is 3. The first-order chi connectivity index (χ1) is 8.17. The third-order valence-corrected chi connectivity index (χ3v) is 2.75. The molecule has 0 aliphatic carbocycles. The van der Waals surface area contributed by atoms with Gasteiger partial charge in [0.05, 0.1) is 7.11 Å². The second kappa shape index (κ2) is 4.96. The Morgan fingerprint density at radius 3 is 2.22 bits per heavy atom. The number of amides is 1. The highest BCUT2D eigenvalue weighted by atomic mass is 16.6. The zero-order valence-electron chi connectivity index (χ0n) is 11.3. The Kier molecular flexibility index (Phi) is 3.98. The van der Waals surface area contributed by atoms with Gasteiger partial charge in [-0.25, -0.2) is 4.79 Å². The van der Waals surface area contributed by atoms with Gasteiger partial charge in [-0.15, -0.1) is 0 Å². The first kappa shape index (κ1) is 14.5. The Balaban J connectivity index is 2.80. The van der Waals surface area contributed by atoms with E-state index in [0.29, 0.717) is 0 Å². The molecule has 6 heteroatoms. The average molecular weight is 257 g/mol. The molecule has 18 heavy (non-hydrogen) atoms. The molecule has 1 N–H and O–H groups in total. The van der Waals surface area contributed by atoms with Gasteiger partial charge in [0.1, 0.15) is 17.6 Å². The fourth-order valence-electron chi connectivity index (χ4n) is 1.89. The van der Waals surface area contributed by atoms with Gasteiger partial charge in [0.25, 0.3) is 0 Å². The van der Waals surface area contributed by atoms with Crippen LogP contribution in [0, 0.1) is 11.8 Å². The first-order valence-corrected chi connectivity index (χ1v) is 5.78. The summed E-state index contributed by atoms with van der Waals surface area (Å²) >= 11 is 0. The van der Waals surface area contributed by atoms with Gasteiger partial charge in [-0.2, -0.15) is 0 Å². The second-order valence-corrected chi connectivity index (χ2v) is 5.38. The summed E-state index contributed by atoms with van der Waals surface area (Å²) in [7, 11) is 1.21. The van der Waals surface area contributed by atoms with Crippen molar-refractivity contribution < 1.29 is 23.9 Å². The smallest absolute Gasteiger partial charge is 0.329 e. The predicted octanol–water partition coefficient (Wildman–Crippen LogP) is 0.252. The first-order valence-electron chi connectivity index (χ1n) is 5.78. The summed E-state index contributed by atoms with van der Waals surface area (Å²) in [6.07, 6.45) is 0. The lowest BCUT2D eigenvalue weighted by molar-refractivity contribution is -0.158. The summed E-state index contributed by atoms with van der Waals surface area (Å²) in [4.78, 5) is 35.0. The number of hydrogen-bond acceptors (Lipinski definition) is 5. The molecular weight excluding hydrogens is 238 g/mol. The number of carbonyl (C=O) groups excluding carboxylic acids is 3. The van der Waals surface area contributed by atoms with E-state index in [9.17, 15) is 14.4 Å². The molecule has 0 aromatic carbocycles. The van der Waals surface area contributed by atoms with E-state index >= 15 is 0 Å². The van der Waals surface area contributed by atoms with Gasteiger partial charge in [0.15, 0.2) is 0 Å². The molecule has 6 nitrogen and oxygen atoms in total. The fourth-order valence-corrected chi connectivity index (χ4v) is 1.89. The van der Waals surface area contributed by atoms with E-state index < -0.39 is 41.3 Å². The fraction of sp³-hybridized carbons (Fsp3) is 0.750. The second-order valence-electron chi connectivity index (χ2n) is 5.38. The van der Waals surface area contributed by atoms with Crippen molar-refractivity contribution in [3.63, 3.8) is 0 Å². The molecule has 1 amide bonds. The van der Waals surface area contributed by atoms with Gasteiger partial charge in [-0.05, 0) is 20.8 Å². The van der Waals surface area contributed by atoms with Gasteiger partial charge in [0.2, 0.25) is 5.91 Å². The number of methoxy groups -OCH3 is 1. The zero-order chi connectivity index (χ0) is 14.1. The Labute approximate surface area is 106 Å². The predicted molar refractivity (Wildman–Crippen MR) is 62.4 cm³/mol. The lowest BCUT2D eigenvalue weighted by atomic mass is 9.92. The average Bonchev–Trinajstić information content (AvgIpc) is 2.51. The van der Waals surface area contributed by atoms with Gasteiger partial charge in [-0.1, -0.05) is 6.92 Å². The maximum absolute atomic E-state index is 11.9. The van der Waals surface area contributed by atoms with Crippen molar-refractivity contribution in [3.05, 3.63) is 0 Å². The van der Waals surface area contributed by atoms with E-state index in [2.05, 4.69) is 10.1 Å². The van der Waals surface area contributed by atoms with Crippen LogP contribution in [0.2, 0.25) is 0 Å². The van der Waals surface area contributed by atoms with E-state index in [0.717, 1.165) is 0 Å². The Hall–Kier alpha value is -1.59. The molecule has 0 spiro atoms. The highest BCUT2D eigenvalue weighted by Gasteiger charge is 2.48. The molecular formula is C12H19NO5. The van der Waals surface area contributed by atoms with Crippen LogP contribution in [0.5, 0.6) is 0 Å². The summed E-state index contributed by atoms with van der Waals surface area (Å²) in [5, 5.41) is 2.48. The molecule has 1 aliphatic rings.